The van der Waals surface area contributed by atoms with Crippen molar-refractivity contribution in [1.29, 1.82) is 0 Å². The number of carbonyl (C=O) groups excluding carboxylic acids is 4. The van der Waals surface area contributed by atoms with Crippen molar-refractivity contribution in [3.63, 3.8) is 0 Å². The summed E-state index contributed by atoms with van der Waals surface area (Å²) in [5, 5.41) is 7.78. The van der Waals surface area contributed by atoms with E-state index < -0.39 is 24.3 Å². The zero-order valence-electron chi connectivity index (χ0n) is 37.1. The van der Waals surface area contributed by atoms with Gasteiger partial charge in [-0.2, -0.15) is 0 Å². The third-order valence-electron chi connectivity index (χ3n) is 14.1. The number of piperidine rings is 1. The van der Waals surface area contributed by atoms with Crippen molar-refractivity contribution >= 4 is 34.8 Å². The second kappa shape index (κ2) is 18.5. The number of likely N-dealkylation sites (tertiary alicyclic amines) is 2. The Kier molecular flexibility index (Phi) is 12.0. The van der Waals surface area contributed by atoms with Crippen molar-refractivity contribution in [3.8, 4) is 33.6 Å². The predicted octanol–water partition coefficient (Wildman–Crippen LogP) is 8.25. The van der Waals surface area contributed by atoms with Crippen LogP contribution in [-0.4, -0.2) is 99.8 Å². The quantitative estimate of drug-likeness (QED) is 0.0995. The lowest BCUT2D eigenvalue weighted by molar-refractivity contribution is -0.140. The topological polar surface area (TPSA) is 184 Å². The molecule has 0 radical (unpaired) electrons. The van der Waals surface area contributed by atoms with Crippen molar-refractivity contribution < 1.29 is 33.4 Å². The summed E-state index contributed by atoms with van der Waals surface area (Å²) < 4.78 is 15.4. The van der Waals surface area contributed by atoms with Crippen molar-refractivity contribution in [1.82, 2.24) is 40.4 Å². The van der Waals surface area contributed by atoms with Gasteiger partial charge in [-0.1, -0.05) is 78.9 Å². The number of fused-ring (bicyclic) bond motifs is 3. The number of carbonyl (C=O) groups is 4. The van der Waals surface area contributed by atoms with Gasteiger partial charge in [0.25, 0.3) is 5.91 Å². The number of amides is 4. The summed E-state index contributed by atoms with van der Waals surface area (Å²) in [7, 11) is 2.61. The van der Waals surface area contributed by atoms with Gasteiger partial charge in [-0.15, -0.1) is 0 Å². The van der Waals surface area contributed by atoms with Gasteiger partial charge >= 0.3 is 12.2 Å². The van der Waals surface area contributed by atoms with E-state index in [2.05, 4.69) is 81.3 Å². The number of aromatic nitrogens is 4. The molecule has 15 nitrogen and oxygen atoms in total. The summed E-state index contributed by atoms with van der Waals surface area (Å²) in [6.45, 7) is 1.68. The van der Waals surface area contributed by atoms with Crippen LogP contribution in [0.4, 0.5) is 9.59 Å². The van der Waals surface area contributed by atoms with Crippen molar-refractivity contribution in [3.05, 3.63) is 121 Å². The average molecular weight is 891 g/mol. The van der Waals surface area contributed by atoms with Gasteiger partial charge in [-0.3, -0.25) is 9.59 Å². The highest BCUT2D eigenvalue weighted by Gasteiger charge is 2.52. The molecule has 0 spiro atoms. The first kappa shape index (κ1) is 42.9. The molecule has 4 fully saturated rings. The Bertz CT molecular complexity index is 2730. The standard InChI is InChI=1S/C51H54N8O7/c1-64-50(62)56-43(32-7-4-3-5-8-32)48(60)58-22-6-9-42(58)46-52-29-41(54-46)37-17-16-35-25-34(14-15-36(35)26-37)30-10-12-31(13-11-30)40-28-53-47(55-40)45-38-18-19-39(27-38)59(45)49(61)44(57-51(63)65-2)33-20-23-66-24-21-33/h3-5,7-8,10-17,25-26,28-29,33,38-39,42-45H,6,9,18-24,27H2,1-2H3,(H,52,54)(H,53,55)(H,56,62)(H,57,63)/t38-,39+,42-,43+,44-,45-/m0/s1. The van der Waals surface area contributed by atoms with Gasteiger partial charge < -0.3 is 44.6 Å². The molecular weight excluding hydrogens is 837 g/mol. The molecule has 6 aromatic rings. The molecule has 2 bridgehead atoms. The van der Waals surface area contributed by atoms with E-state index in [0.29, 0.717) is 49.9 Å². The van der Waals surface area contributed by atoms with Gasteiger partial charge in [0.05, 0.1) is 50.1 Å². The molecule has 0 unspecified atom stereocenters. The Balaban J connectivity index is 0.824. The number of alkyl carbamates (subject to hydrolysis) is 2. The number of nitrogens with one attached hydrogen (secondary N) is 4. The summed E-state index contributed by atoms with van der Waals surface area (Å²) in [5.41, 5.74) is 6.57. The van der Waals surface area contributed by atoms with Gasteiger partial charge in [0, 0.05) is 31.4 Å². The number of aromatic amines is 2. The zero-order chi connectivity index (χ0) is 45.3. The van der Waals surface area contributed by atoms with Crippen LogP contribution in [0, 0.1) is 11.8 Å². The number of H-pyrrole nitrogens is 2. The summed E-state index contributed by atoms with van der Waals surface area (Å²) in [5.74, 6) is 1.47. The maximum absolute atomic E-state index is 14.4. The zero-order valence-corrected chi connectivity index (χ0v) is 37.1. The minimum atomic E-state index is -0.883. The number of ether oxygens (including phenoxy) is 3. The number of rotatable bonds is 11. The summed E-state index contributed by atoms with van der Waals surface area (Å²) >= 11 is 0. The van der Waals surface area contributed by atoms with E-state index in [1.807, 2.05) is 47.6 Å². The fraction of sp³-hybridized carbons (Fsp3) is 0.373. The number of hydrogen-bond donors (Lipinski definition) is 4. The van der Waals surface area contributed by atoms with Gasteiger partial charge in [-0.05, 0) is 102 Å². The molecule has 66 heavy (non-hydrogen) atoms. The van der Waals surface area contributed by atoms with Gasteiger partial charge in [0.15, 0.2) is 0 Å². The molecule has 15 heteroatoms. The second-order valence-corrected chi connectivity index (χ2v) is 17.9. The first-order chi connectivity index (χ1) is 32.3. The summed E-state index contributed by atoms with van der Waals surface area (Å²) in [6.07, 6.45) is 8.28. The van der Waals surface area contributed by atoms with Crippen molar-refractivity contribution in [2.45, 2.75) is 75.2 Å². The monoisotopic (exact) mass is 890 g/mol. The minimum absolute atomic E-state index is 0.0262. The Morgan fingerprint density at radius 1 is 0.697 bits per heavy atom. The number of imidazole rings is 2. The average Bonchev–Trinajstić information content (AvgIpc) is 4.24. The first-order valence-corrected chi connectivity index (χ1v) is 23.0. The summed E-state index contributed by atoms with van der Waals surface area (Å²) in [6, 6.07) is 28.5. The summed E-state index contributed by atoms with van der Waals surface area (Å²) in [4.78, 5) is 73.6. The number of methoxy groups -OCH3 is 2. The Labute approximate surface area is 382 Å². The highest BCUT2D eigenvalue weighted by atomic mass is 16.5. The van der Waals surface area contributed by atoms with E-state index in [1.165, 1.54) is 14.2 Å². The predicted molar refractivity (Wildman–Crippen MR) is 247 cm³/mol. The first-order valence-electron chi connectivity index (χ1n) is 23.0. The van der Waals surface area contributed by atoms with Crippen LogP contribution in [0.5, 0.6) is 0 Å². The van der Waals surface area contributed by atoms with E-state index in [-0.39, 0.29) is 35.9 Å². The van der Waals surface area contributed by atoms with E-state index >= 15 is 0 Å². The Hall–Kier alpha value is -7.00. The lowest BCUT2D eigenvalue weighted by atomic mass is 9.89. The number of nitrogens with zero attached hydrogens (tertiary/aromatic N) is 4. The van der Waals surface area contributed by atoms with Gasteiger partial charge in [-0.25, -0.2) is 19.6 Å². The van der Waals surface area contributed by atoms with E-state index in [4.69, 9.17) is 24.2 Å². The number of benzene rings is 4. The van der Waals surface area contributed by atoms with Crippen LogP contribution >= 0.6 is 0 Å². The molecule has 340 valence electrons. The maximum Gasteiger partial charge on any atom is 0.407 e. The number of hydrogen-bond acceptors (Lipinski definition) is 9. The van der Waals surface area contributed by atoms with E-state index in [0.717, 1.165) is 82.3 Å². The van der Waals surface area contributed by atoms with E-state index in [9.17, 15) is 19.2 Å². The highest BCUT2D eigenvalue weighted by molar-refractivity contribution is 5.91. The molecule has 5 heterocycles. The van der Waals surface area contributed by atoms with Crippen LogP contribution in [0.2, 0.25) is 0 Å². The molecule has 4 amide bonds. The molecule has 6 atom stereocenters. The molecule has 3 saturated heterocycles. The van der Waals surface area contributed by atoms with Crippen LogP contribution < -0.4 is 10.6 Å². The normalized spacial score (nSPS) is 21.4. The smallest absolute Gasteiger partial charge is 0.407 e. The lowest BCUT2D eigenvalue weighted by Crippen LogP contribution is -2.55. The Morgan fingerprint density at radius 2 is 1.33 bits per heavy atom. The van der Waals surface area contributed by atoms with Crippen LogP contribution in [-0.2, 0) is 23.8 Å². The van der Waals surface area contributed by atoms with Crippen molar-refractivity contribution in [2.75, 3.05) is 34.0 Å². The molecule has 10 rings (SSSR count). The van der Waals surface area contributed by atoms with Crippen LogP contribution in [0.15, 0.2) is 103 Å². The highest BCUT2D eigenvalue weighted by Crippen LogP contribution is 2.50. The second-order valence-electron chi connectivity index (χ2n) is 17.9. The Morgan fingerprint density at radius 3 is 2.08 bits per heavy atom. The fourth-order valence-electron chi connectivity index (χ4n) is 10.7. The van der Waals surface area contributed by atoms with Crippen LogP contribution in [0.3, 0.4) is 0 Å². The van der Waals surface area contributed by atoms with Crippen LogP contribution in [0.25, 0.3) is 44.4 Å². The largest absolute Gasteiger partial charge is 0.453 e. The van der Waals surface area contributed by atoms with Crippen LogP contribution in [0.1, 0.15) is 80.3 Å². The fourth-order valence-corrected chi connectivity index (χ4v) is 10.7. The van der Waals surface area contributed by atoms with Gasteiger partial charge in [0.2, 0.25) is 5.91 Å². The molecule has 2 aromatic heterocycles. The molecule has 4 N–H and O–H groups in total. The lowest BCUT2D eigenvalue weighted by Gasteiger charge is -2.39. The van der Waals surface area contributed by atoms with E-state index in [1.54, 1.807) is 4.90 Å². The third kappa shape index (κ3) is 8.39. The molecular formula is C51H54N8O7. The maximum atomic E-state index is 14.4. The van der Waals surface area contributed by atoms with Gasteiger partial charge in [0.1, 0.15) is 23.7 Å². The van der Waals surface area contributed by atoms with Crippen molar-refractivity contribution in [2.24, 2.45) is 11.8 Å². The molecule has 1 saturated carbocycles. The minimum Gasteiger partial charge on any atom is -0.453 e. The SMILES string of the molecule is COC(=O)N[C@H](C(=O)N1[C@@H]2CC[C@@H](C2)[C@H]1c1ncc(-c2ccc(-c3ccc4cc(-c5cnc([C@@H]6CCCN6C(=O)[C@H](NC(=O)OC)c6ccccc6)[nH]5)ccc4c3)cc2)[nH]1)C1CCOCC1. The third-order valence-corrected chi connectivity index (χ3v) is 14.1. The molecule has 4 aliphatic rings. The molecule has 1 aliphatic carbocycles. The molecule has 4 aromatic carbocycles. The molecule has 3 aliphatic heterocycles.